The van der Waals surface area contributed by atoms with Gasteiger partial charge >= 0.3 is 0 Å². The third-order valence-corrected chi connectivity index (χ3v) is 1.32. The summed E-state index contributed by atoms with van der Waals surface area (Å²) in [4.78, 5) is 0. The molecule has 0 fully saturated rings. The molecule has 0 amide bonds. The third kappa shape index (κ3) is 3.22. The van der Waals surface area contributed by atoms with Gasteiger partial charge in [-0.15, -0.1) is 8.93 Å². The van der Waals surface area contributed by atoms with Gasteiger partial charge in [0.05, 0.1) is 9.86 Å². The molecule has 0 aromatic carbocycles. The fourth-order valence-electron chi connectivity index (χ4n) is 0. The Morgan fingerprint density at radius 2 is 2.50 bits per heavy atom. The summed E-state index contributed by atoms with van der Waals surface area (Å²) in [6.07, 6.45) is 0. The van der Waals surface area contributed by atoms with Gasteiger partial charge in [-0.1, -0.05) is 0 Å². The van der Waals surface area contributed by atoms with Crippen LogP contribution in [0.5, 0.6) is 0 Å². The van der Waals surface area contributed by atoms with E-state index in [0.29, 0.717) is 0 Å². The maximum Gasteiger partial charge on any atom is 0.0918 e. The molecule has 0 bridgehead atoms. The van der Waals surface area contributed by atoms with Gasteiger partial charge in [0, 0.05) is 0 Å². The van der Waals surface area contributed by atoms with Gasteiger partial charge in [0.1, 0.15) is 0 Å². The van der Waals surface area contributed by atoms with Crippen LogP contribution in [0.3, 0.4) is 0 Å². The van der Waals surface area contributed by atoms with Crippen LogP contribution in [0.4, 0.5) is 4.20 Å². The molecule has 0 saturated heterocycles. The monoisotopic (exact) mass is 117 g/mol. The van der Waals surface area contributed by atoms with Crippen molar-refractivity contribution >= 4 is 25.4 Å². The smallest absolute Gasteiger partial charge is 0.0918 e. The van der Waals surface area contributed by atoms with Gasteiger partial charge in [-0.05, 0) is 7.90 Å². The lowest BCUT2D eigenvalue weighted by Crippen LogP contribution is -0.836. The van der Waals surface area contributed by atoms with Crippen LogP contribution in [0, 0.1) is 0 Å². The molecule has 4 heteroatoms. The molecule has 0 aliphatic carbocycles. The molecule has 0 aromatic heterocycles. The Morgan fingerprint density at radius 3 is 2.50 bits per heavy atom. The van der Waals surface area contributed by atoms with Crippen LogP contribution in [0.25, 0.3) is 0 Å². The molecule has 0 heterocycles. The van der Waals surface area contributed by atoms with Gasteiger partial charge in [0.25, 0.3) is 0 Å². The summed E-state index contributed by atoms with van der Waals surface area (Å²) in [6.45, 7) is 0. The molecule has 0 spiro atoms. The largest absolute Gasteiger partial charge is 0.226 e. The second kappa shape index (κ2) is 4.22. The van der Waals surface area contributed by atoms with Gasteiger partial charge in [0.2, 0.25) is 0 Å². The van der Waals surface area contributed by atoms with E-state index in [4.69, 9.17) is 1.28 Å². The summed E-state index contributed by atoms with van der Waals surface area (Å²) < 4.78 is 17.5. The lowest BCUT2D eigenvalue weighted by Gasteiger charge is -1.65. The van der Waals surface area contributed by atoms with E-state index in [2.05, 4.69) is 8.93 Å². The summed E-state index contributed by atoms with van der Waals surface area (Å²) in [7, 11) is 0.341. The van der Waals surface area contributed by atoms with E-state index in [1.807, 2.05) is 0 Å². The Kier molecular flexibility index (Phi) is 3.60. The Bertz CT molecular complexity index is 20.9. The van der Waals surface area contributed by atoms with Gasteiger partial charge in [0.15, 0.2) is 0 Å². The topological polar surface area (TPSA) is 0 Å². The summed E-state index contributed by atoms with van der Waals surface area (Å²) in [5.41, 5.74) is 0. The maximum absolute atomic E-state index is 11.0. The van der Waals surface area contributed by atoms with Gasteiger partial charge in [-0.25, -0.2) is 4.20 Å². The van der Waals surface area contributed by atoms with E-state index in [9.17, 15) is 4.20 Å². The van der Waals surface area contributed by atoms with E-state index in [0.717, 1.165) is 0 Å². The van der Waals surface area contributed by atoms with E-state index >= 15 is 0 Å². The molecule has 0 aromatic rings. The van der Waals surface area contributed by atoms with Gasteiger partial charge in [-0.3, -0.25) is 0 Å². The van der Waals surface area contributed by atoms with Crippen molar-refractivity contribution < 1.29 is 4.20 Å². The van der Waals surface area contributed by atoms with Crippen molar-refractivity contribution in [2.75, 3.05) is 0 Å². The molecule has 4 heavy (non-hydrogen) atoms. The first kappa shape index (κ1) is 3.41. The quantitative estimate of drug-likeness (QED) is 0.460. The van der Waals surface area contributed by atoms with Crippen molar-refractivity contribution in [2.45, 2.75) is 0 Å². The Morgan fingerprint density at radius 1 is 2.25 bits per heavy atom. The van der Waals surface area contributed by atoms with Crippen LogP contribution in [0.2, 0.25) is 0 Å². The zero-order chi connectivity index (χ0) is 4.28. The van der Waals surface area contributed by atoms with E-state index in [1.54, 1.807) is 0 Å². The minimum Gasteiger partial charge on any atom is -0.226 e. The van der Waals surface area contributed by atoms with Crippen LogP contribution in [-0.2, 0) is 0 Å². The van der Waals surface area contributed by atoms with Crippen LogP contribution >= 0.6 is 25.4 Å². The van der Waals surface area contributed by atoms with Crippen molar-refractivity contribution in [3.05, 3.63) is 0 Å². The highest BCUT2D eigenvalue weighted by molar-refractivity contribution is 8.37. The lowest BCUT2D eigenvalue weighted by molar-refractivity contribution is 0.936. The standard InChI is InChI=1S/FH4P3/c1-3-4-2/h3-4H,2H2/i4D. The normalized spacial score (nSPS) is 22.0. The van der Waals surface area contributed by atoms with Crippen LogP contribution in [-0.4, -0.2) is 1.28 Å². The molecular formula is H4FP3. The first-order chi connectivity index (χ1) is 2.27. The van der Waals surface area contributed by atoms with Crippen molar-refractivity contribution in [2.24, 2.45) is 0 Å². The highest BCUT2D eigenvalue weighted by Crippen LogP contribution is 2.43. The van der Waals surface area contributed by atoms with Crippen molar-refractivity contribution in [1.29, 1.82) is 1.28 Å². The zero-order valence-corrected chi connectivity index (χ0v) is 4.95. The third-order valence-electron chi connectivity index (χ3n) is 0.0488. The molecule has 3 unspecified atom stereocenters. The predicted octanol–water partition coefficient (Wildman–Crippen LogP) is 1.93. The summed E-state index contributed by atoms with van der Waals surface area (Å²) in [5.74, 6) is 0. The molecular weight excluding hydrogens is 112 g/mol. The summed E-state index contributed by atoms with van der Waals surface area (Å²) in [5, 5.41) is 0. The molecule has 0 N–H and O–H groups in total. The number of hydrogen-bond donors (Lipinski definition) is 0. The summed E-state index contributed by atoms with van der Waals surface area (Å²) >= 11 is 0. The number of hydrogen-bond acceptors (Lipinski definition) is 0. The van der Waals surface area contributed by atoms with Crippen LogP contribution in [0.1, 0.15) is 0 Å². The SMILES string of the molecule is [2H]P(P)PF. The number of halogens is 1. The van der Waals surface area contributed by atoms with E-state index in [1.165, 1.54) is 0 Å². The first-order valence-electron chi connectivity index (χ1n) is 1.12. The number of rotatable bonds is 1. The predicted molar refractivity (Wildman–Crippen MR) is 27.4 cm³/mol. The average Bonchev–Trinajstić information content (AvgIpc) is 1.38. The molecule has 3 atom stereocenters. The van der Waals surface area contributed by atoms with E-state index in [-0.39, 0.29) is 0 Å². The van der Waals surface area contributed by atoms with Gasteiger partial charge < -0.3 is 0 Å². The van der Waals surface area contributed by atoms with Crippen molar-refractivity contribution in [3.8, 4) is 0 Å². The zero-order valence-electron chi connectivity index (χ0n) is 2.90. The minimum atomic E-state index is -1.07. The molecule has 0 aliphatic rings. The van der Waals surface area contributed by atoms with Crippen LogP contribution < -0.4 is 0 Å². The highest BCUT2D eigenvalue weighted by Gasteiger charge is 1.59. The Labute approximate surface area is 31.9 Å². The molecule has 0 aliphatic heterocycles. The average molecular weight is 117 g/mol. The molecule has 0 nitrogen and oxygen atoms in total. The highest BCUT2D eigenvalue weighted by atomic mass is 32.4. The fourth-order valence-corrected chi connectivity index (χ4v) is 0. The first-order valence-corrected chi connectivity index (χ1v) is 4.90. The minimum absolute atomic E-state index is 0.691. The van der Waals surface area contributed by atoms with E-state index < -0.39 is 16.5 Å². The Balaban J connectivity index is 2.54. The van der Waals surface area contributed by atoms with Crippen LogP contribution in [0.15, 0.2) is 0 Å². The second-order valence-corrected chi connectivity index (χ2v) is 4.25. The molecule has 0 saturated carbocycles. The molecule has 0 radical (unpaired) electrons. The molecule has 26 valence electrons. The Hall–Kier alpha value is 1.22. The van der Waals surface area contributed by atoms with Gasteiger partial charge in [-0.2, -0.15) is 0 Å². The fraction of sp³-hybridized carbons (Fsp3) is 0. The molecule has 0 rings (SSSR count). The van der Waals surface area contributed by atoms with Crippen molar-refractivity contribution in [3.63, 3.8) is 0 Å². The second-order valence-electron chi connectivity index (χ2n) is 0.214. The summed E-state index contributed by atoms with van der Waals surface area (Å²) in [6, 6.07) is 0. The van der Waals surface area contributed by atoms with Crippen molar-refractivity contribution in [1.82, 2.24) is 0 Å². The lowest BCUT2D eigenvalue weighted by atomic mass is 18.9. The maximum atomic E-state index is 11.0.